The van der Waals surface area contributed by atoms with Crippen LogP contribution >= 0.6 is 0 Å². The molecule has 0 spiro atoms. The van der Waals surface area contributed by atoms with Gasteiger partial charge in [-0.25, -0.2) is 4.79 Å². The van der Waals surface area contributed by atoms with Crippen molar-refractivity contribution in [2.45, 2.75) is 6.92 Å². The van der Waals surface area contributed by atoms with E-state index in [2.05, 4.69) is 14.6 Å². The molecule has 1 N–H and O–H groups in total. The maximum Gasteiger partial charge on any atom is 0.341 e. The van der Waals surface area contributed by atoms with Crippen molar-refractivity contribution in [1.29, 1.82) is 0 Å². The van der Waals surface area contributed by atoms with Crippen LogP contribution in [0.15, 0.2) is 12.4 Å². The van der Waals surface area contributed by atoms with Crippen molar-refractivity contribution in [3.63, 3.8) is 0 Å². The maximum absolute atomic E-state index is 11.2. The number of hydrogen-bond acceptors (Lipinski definition) is 5. The Morgan fingerprint density at radius 2 is 2.33 bits per heavy atom. The lowest BCUT2D eigenvalue weighted by molar-refractivity contribution is 0.0526. The van der Waals surface area contributed by atoms with Crippen molar-refractivity contribution in [2.24, 2.45) is 0 Å². The lowest BCUT2D eigenvalue weighted by Gasteiger charge is -2.00. The first-order valence-electron chi connectivity index (χ1n) is 4.17. The second-order valence-electron chi connectivity index (χ2n) is 2.53. The van der Waals surface area contributed by atoms with E-state index >= 15 is 0 Å². The van der Waals surface area contributed by atoms with Crippen LogP contribution in [0.1, 0.15) is 17.3 Å². The third-order valence-corrected chi connectivity index (χ3v) is 2.78. The molecule has 0 unspecified atom stereocenters. The Hall–Kier alpha value is -1.41. The van der Waals surface area contributed by atoms with Gasteiger partial charge in [-0.1, -0.05) is 0 Å². The first-order valence-corrected chi connectivity index (χ1v) is 5.61. The number of carbonyl (C=O) groups excluding carboxylic acids is 1. The second-order valence-corrected chi connectivity index (χ2v) is 4.26. The summed E-state index contributed by atoms with van der Waals surface area (Å²) in [4.78, 5) is 11.2. The van der Waals surface area contributed by atoms with Crippen molar-refractivity contribution >= 4 is 16.2 Å². The molecular weight excluding hydrogens is 222 g/mol. The van der Waals surface area contributed by atoms with Gasteiger partial charge in [-0.3, -0.25) is 0 Å². The van der Waals surface area contributed by atoms with E-state index < -0.39 is 16.2 Å². The minimum atomic E-state index is -3.68. The van der Waals surface area contributed by atoms with Crippen molar-refractivity contribution in [2.75, 3.05) is 13.7 Å². The van der Waals surface area contributed by atoms with Crippen LogP contribution in [0, 0.1) is 0 Å². The number of nitrogens with one attached hydrogen (secondary N) is 1. The minimum absolute atomic E-state index is 0.0932. The molecule has 15 heavy (non-hydrogen) atoms. The van der Waals surface area contributed by atoms with Gasteiger partial charge < -0.3 is 4.74 Å². The Bertz CT molecular complexity index is 451. The van der Waals surface area contributed by atoms with Gasteiger partial charge in [-0.15, -0.1) is 0 Å². The number of aromatic nitrogens is 2. The SMILES string of the molecule is CCOC(=O)c1cnn(S(=O)(=O)NC)c1. The van der Waals surface area contributed by atoms with Gasteiger partial charge in [0, 0.05) is 7.05 Å². The fourth-order valence-corrected chi connectivity index (χ4v) is 1.46. The summed E-state index contributed by atoms with van der Waals surface area (Å²) in [5.74, 6) is -0.602. The monoisotopic (exact) mass is 233 g/mol. The van der Waals surface area contributed by atoms with Crippen LogP contribution in [0.3, 0.4) is 0 Å². The van der Waals surface area contributed by atoms with Crippen molar-refractivity contribution in [3.05, 3.63) is 18.0 Å². The smallest absolute Gasteiger partial charge is 0.341 e. The number of carbonyl (C=O) groups is 1. The van der Waals surface area contributed by atoms with Crippen molar-refractivity contribution < 1.29 is 17.9 Å². The summed E-state index contributed by atoms with van der Waals surface area (Å²) in [6.45, 7) is 1.88. The molecule has 0 aliphatic heterocycles. The Morgan fingerprint density at radius 3 is 2.87 bits per heavy atom. The normalized spacial score (nSPS) is 11.3. The number of rotatable bonds is 4. The molecule has 0 aromatic carbocycles. The lowest BCUT2D eigenvalue weighted by atomic mass is 10.4. The average molecular weight is 233 g/mol. The molecule has 0 saturated heterocycles. The van der Waals surface area contributed by atoms with Crippen LogP contribution in [0.2, 0.25) is 0 Å². The molecule has 0 saturated carbocycles. The van der Waals surface area contributed by atoms with E-state index in [-0.39, 0.29) is 12.2 Å². The van der Waals surface area contributed by atoms with Crippen LogP contribution in [-0.2, 0) is 14.9 Å². The van der Waals surface area contributed by atoms with Gasteiger partial charge >= 0.3 is 16.2 Å². The van der Waals surface area contributed by atoms with Gasteiger partial charge in [-0.05, 0) is 6.92 Å². The van der Waals surface area contributed by atoms with Crippen LogP contribution < -0.4 is 4.72 Å². The molecule has 0 fully saturated rings. The van der Waals surface area contributed by atoms with E-state index in [1.165, 1.54) is 7.05 Å². The summed E-state index contributed by atoms with van der Waals surface area (Å²) in [6, 6.07) is 0. The standard InChI is InChI=1S/C7H11N3O4S/c1-3-14-7(11)6-4-9-10(5-6)15(12,13)8-2/h4-5,8H,3H2,1-2H3. The van der Waals surface area contributed by atoms with Gasteiger partial charge in [0.05, 0.1) is 24.6 Å². The average Bonchev–Trinajstić information content (AvgIpc) is 2.67. The van der Waals surface area contributed by atoms with Gasteiger partial charge in [0.25, 0.3) is 0 Å². The molecule has 0 amide bonds. The zero-order valence-corrected chi connectivity index (χ0v) is 9.11. The highest BCUT2D eigenvalue weighted by atomic mass is 32.2. The van der Waals surface area contributed by atoms with E-state index in [1.807, 2.05) is 0 Å². The fourth-order valence-electron chi connectivity index (χ4n) is 0.850. The molecule has 84 valence electrons. The predicted molar refractivity (Wildman–Crippen MR) is 51.6 cm³/mol. The largest absolute Gasteiger partial charge is 0.462 e. The molecule has 1 aromatic rings. The molecular formula is C7H11N3O4S. The summed E-state index contributed by atoms with van der Waals surface area (Å²) >= 11 is 0. The summed E-state index contributed by atoms with van der Waals surface area (Å²) in [5, 5.41) is 3.53. The molecule has 1 heterocycles. The van der Waals surface area contributed by atoms with E-state index in [0.29, 0.717) is 4.09 Å². The van der Waals surface area contributed by atoms with Crippen LogP contribution in [0.5, 0.6) is 0 Å². The van der Waals surface area contributed by atoms with Crippen molar-refractivity contribution in [1.82, 2.24) is 13.9 Å². The number of esters is 1. The Kier molecular flexibility index (Phi) is 3.43. The number of ether oxygens (including phenoxy) is 1. The molecule has 0 aliphatic carbocycles. The third-order valence-electron chi connectivity index (χ3n) is 1.58. The molecule has 8 heteroatoms. The zero-order valence-electron chi connectivity index (χ0n) is 8.30. The molecule has 0 bridgehead atoms. The fraction of sp³-hybridized carbons (Fsp3) is 0.429. The van der Waals surface area contributed by atoms with Crippen LogP contribution in [0.4, 0.5) is 0 Å². The molecule has 1 aromatic heterocycles. The molecule has 0 radical (unpaired) electrons. The quantitative estimate of drug-likeness (QED) is 0.699. The van der Waals surface area contributed by atoms with Crippen LogP contribution in [-0.4, -0.2) is 37.2 Å². The highest BCUT2D eigenvalue weighted by Gasteiger charge is 2.15. The summed E-state index contributed by atoms with van der Waals surface area (Å²) in [6.07, 6.45) is 2.22. The maximum atomic E-state index is 11.2. The van der Waals surface area contributed by atoms with Gasteiger partial charge in [0.2, 0.25) is 0 Å². The number of hydrogen-bond donors (Lipinski definition) is 1. The van der Waals surface area contributed by atoms with Gasteiger partial charge in [0.15, 0.2) is 0 Å². The van der Waals surface area contributed by atoms with Crippen LogP contribution in [0.25, 0.3) is 0 Å². The Labute approximate surface area is 87.2 Å². The highest BCUT2D eigenvalue weighted by Crippen LogP contribution is 2.02. The Balaban J connectivity index is 2.95. The number of nitrogens with zero attached hydrogens (tertiary/aromatic N) is 2. The van der Waals surface area contributed by atoms with E-state index in [0.717, 1.165) is 12.4 Å². The predicted octanol–water partition coefficient (Wildman–Crippen LogP) is -0.628. The lowest BCUT2D eigenvalue weighted by Crippen LogP contribution is -2.26. The van der Waals surface area contributed by atoms with Gasteiger partial charge in [0.1, 0.15) is 0 Å². The second kappa shape index (κ2) is 4.41. The first-order chi connectivity index (χ1) is 7.01. The molecule has 7 nitrogen and oxygen atoms in total. The summed E-state index contributed by atoms with van der Waals surface area (Å²) in [5.41, 5.74) is 0.0932. The summed E-state index contributed by atoms with van der Waals surface area (Å²) < 4.78 is 29.9. The molecule has 0 aliphatic rings. The molecule has 1 rings (SSSR count). The highest BCUT2D eigenvalue weighted by molar-refractivity contribution is 7.87. The van der Waals surface area contributed by atoms with Crippen molar-refractivity contribution in [3.8, 4) is 0 Å². The van der Waals surface area contributed by atoms with Gasteiger partial charge in [-0.2, -0.15) is 22.3 Å². The molecule has 0 atom stereocenters. The minimum Gasteiger partial charge on any atom is -0.462 e. The van der Waals surface area contributed by atoms with E-state index in [9.17, 15) is 13.2 Å². The first kappa shape index (κ1) is 11.7. The topological polar surface area (TPSA) is 90.3 Å². The van der Waals surface area contributed by atoms with E-state index in [1.54, 1.807) is 6.92 Å². The summed E-state index contributed by atoms with van der Waals surface area (Å²) in [7, 11) is -2.43. The van der Waals surface area contributed by atoms with E-state index in [4.69, 9.17) is 0 Å². The third kappa shape index (κ3) is 2.54. The Morgan fingerprint density at radius 1 is 1.67 bits per heavy atom. The zero-order chi connectivity index (χ0) is 11.5.